The van der Waals surface area contributed by atoms with Crippen molar-refractivity contribution >= 4 is 49.2 Å². The fraction of sp³-hybridized carbons (Fsp3) is 0.0714. The highest BCUT2D eigenvalue weighted by molar-refractivity contribution is 9.10. The fourth-order valence-electron chi connectivity index (χ4n) is 1.56. The zero-order valence-electron chi connectivity index (χ0n) is 9.29. The van der Waals surface area contributed by atoms with Crippen LogP contribution in [0.2, 0.25) is 5.02 Å². The Morgan fingerprint density at radius 1 is 1.06 bits per heavy atom. The molecular weight excluding hydrogens is 379 g/mol. The summed E-state index contributed by atoms with van der Waals surface area (Å²) in [5.74, 6) is 0.0784. The van der Waals surface area contributed by atoms with Crippen LogP contribution in [0.15, 0.2) is 51.4 Å². The molecular formula is C14H9Br2ClO. The van der Waals surface area contributed by atoms with E-state index in [1.807, 2.05) is 24.3 Å². The van der Waals surface area contributed by atoms with Gasteiger partial charge in [0.15, 0.2) is 5.78 Å². The molecule has 92 valence electrons. The van der Waals surface area contributed by atoms with E-state index in [0.717, 1.165) is 14.5 Å². The molecule has 0 bridgehead atoms. The van der Waals surface area contributed by atoms with E-state index in [0.29, 0.717) is 17.0 Å². The van der Waals surface area contributed by atoms with Gasteiger partial charge in [-0.05, 0) is 51.8 Å². The molecule has 0 aromatic heterocycles. The Morgan fingerprint density at radius 2 is 1.72 bits per heavy atom. The minimum atomic E-state index is 0.0784. The summed E-state index contributed by atoms with van der Waals surface area (Å²) in [6.07, 6.45) is 0.390. The van der Waals surface area contributed by atoms with Crippen LogP contribution in [0.5, 0.6) is 0 Å². The maximum Gasteiger partial charge on any atom is 0.167 e. The second-order valence-electron chi connectivity index (χ2n) is 3.86. The van der Waals surface area contributed by atoms with Gasteiger partial charge in [0.1, 0.15) is 0 Å². The maximum atomic E-state index is 12.1. The Kier molecular flexibility index (Phi) is 4.60. The maximum absolute atomic E-state index is 12.1. The first-order chi connectivity index (χ1) is 8.56. The molecule has 0 heterocycles. The molecule has 0 spiro atoms. The van der Waals surface area contributed by atoms with Crippen LogP contribution >= 0.6 is 43.5 Å². The van der Waals surface area contributed by atoms with Gasteiger partial charge in [-0.3, -0.25) is 4.79 Å². The fourth-order valence-corrected chi connectivity index (χ4v) is 2.32. The first kappa shape index (κ1) is 13.8. The van der Waals surface area contributed by atoms with Crippen LogP contribution in [-0.4, -0.2) is 5.78 Å². The van der Waals surface area contributed by atoms with Crippen molar-refractivity contribution in [2.45, 2.75) is 6.42 Å². The third-order valence-corrected chi connectivity index (χ3v) is 4.26. The van der Waals surface area contributed by atoms with E-state index in [-0.39, 0.29) is 5.78 Å². The number of rotatable bonds is 3. The second-order valence-corrected chi connectivity index (χ2v) is 6.03. The Balaban J connectivity index is 2.16. The van der Waals surface area contributed by atoms with Gasteiger partial charge in [-0.15, -0.1) is 0 Å². The van der Waals surface area contributed by atoms with Gasteiger partial charge in [0.05, 0.1) is 5.02 Å². The third-order valence-electron chi connectivity index (χ3n) is 2.52. The van der Waals surface area contributed by atoms with E-state index >= 15 is 0 Å². The third kappa shape index (κ3) is 3.44. The Morgan fingerprint density at radius 3 is 2.33 bits per heavy atom. The first-order valence-electron chi connectivity index (χ1n) is 5.29. The van der Waals surface area contributed by atoms with Crippen LogP contribution in [0.25, 0.3) is 0 Å². The van der Waals surface area contributed by atoms with Crippen molar-refractivity contribution in [2.24, 2.45) is 0 Å². The highest BCUT2D eigenvalue weighted by Gasteiger charge is 2.08. The molecule has 0 saturated heterocycles. The molecule has 0 saturated carbocycles. The minimum absolute atomic E-state index is 0.0784. The number of benzene rings is 2. The Labute approximate surface area is 127 Å². The lowest BCUT2D eigenvalue weighted by molar-refractivity contribution is 0.0993. The molecule has 0 unspecified atom stereocenters. The number of Topliss-reactive ketones (excluding diaryl/α,β-unsaturated/α-hetero) is 1. The van der Waals surface area contributed by atoms with Crippen molar-refractivity contribution in [3.63, 3.8) is 0 Å². The van der Waals surface area contributed by atoms with E-state index < -0.39 is 0 Å². The van der Waals surface area contributed by atoms with Crippen LogP contribution in [0.3, 0.4) is 0 Å². The summed E-state index contributed by atoms with van der Waals surface area (Å²) in [5, 5.41) is 0.607. The highest BCUT2D eigenvalue weighted by Crippen LogP contribution is 2.24. The molecule has 2 aromatic rings. The summed E-state index contributed by atoms with van der Waals surface area (Å²) in [5.41, 5.74) is 1.66. The smallest absolute Gasteiger partial charge is 0.167 e. The summed E-state index contributed by atoms with van der Waals surface area (Å²) in [6, 6.07) is 13.0. The van der Waals surface area contributed by atoms with Crippen molar-refractivity contribution in [3.05, 3.63) is 67.6 Å². The molecule has 0 aliphatic rings. The zero-order chi connectivity index (χ0) is 13.1. The van der Waals surface area contributed by atoms with E-state index in [9.17, 15) is 4.79 Å². The normalized spacial score (nSPS) is 10.4. The lowest BCUT2D eigenvalue weighted by Gasteiger charge is -2.03. The lowest BCUT2D eigenvalue weighted by atomic mass is 10.0. The number of halogens is 3. The van der Waals surface area contributed by atoms with Crippen LogP contribution in [-0.2, 0) is 6.42 Å². The van der Waals surface area contributed by atoms with Crippen molar-refractivity contribution in [2.75, 3.05) is 0 Å². The largest absolute Gasteiger partial charge is 0.294 e. The predicted octanol–water partition coefficient (Wildman–Crippen LogP) is 5.29. The van der Waals surface area contributed by atoms with Gasteiger partial charge in [0, 0.05) is 20.9 Å². The predicted molar refractivity (Wildman–Crippen MR) is 81.3 cm³/mol. The molecule has 0 amide bonds. The van der Waals surface area contributed by atoms with Gasteiger partial charge in [-0.1, -0.05) is 39.7 Å². The molecule has 0 atom stereocenters. The van der Waals surface area contributed by atoms with Crippen LogP contribution < -0.4 is 0 Å². The van der Waals surface area contributed by atoms with Gasteiger partial charge in [0.2, 0.25) is 0 Å². The van der Waals surface area contributed by atoms with Crippen LogP contribution in [0, 0.1) is 0 Å². The quantitative estimate of drug-likeness (QED) is 0.653. The summed E-state index contributed by atoms with van der Waals surface area (Å²) in [4.78, 5) is 12.1. The van der Waals surface area contributed by atoms with Crippen LogP contribution in [0.1, 0.15) is 15.9 Å². The summed E-state index contributed by atoms with van der Waals surface area (Å²) in [6.45, 7) is 0. The first-order valence-corrected chi connectivity index (χ1v) is 7.25. The van der Waals surface area contributed by atoms with Crippen molar-refractivity contribution in [1.29, 1.82) is 0 Å². The van der Waals surface area contributed by atoms with Crippen LogP contribution in [0.4, 0.5) is 0 Å². The topological polar surface area (TPSA) is 17.1 Å². The molecule has 2 aromatic carbocycles. The summed E-state index contributed by atoms with van der Waals surface area (Å²) >= 11 is 12.6. The molecule has 0 aliphatic carbocycles. The SMILES string of the molecule is O=C(Cc1ccc(Br)cc1)c1ccc(Cl)c(Br)c1. The Hall–Kier alpha value is -0.640. The molecule has 0 fully saturated rings. The number of ketones is 1. The average molecular weight is 388 g/mol. The van der Waals surface area contributed by atoms with Crippen molar-refractivity contribution < 1.29 is 4.79 Å². The van der Waals surface area contributed by atoms with Gasteiger partial charge in [-0.25, -0.2) is 0 Å². The monoisotopic (exact) mass is 386 g/mol. The van der Waals surface area contributed by atoms with E-state index in [1.54, 1.807) is 18.2 Å². The van der Waals surface area contributed by atoms with Gasteiger partial charge in [-0.2, -0.15) is 0 Å². The zero-order valence-corrected chi connectivity index (χ0v) is 13.2. The lowest BCUT2D eigenvalue weighted by Crippen LogP contribution is -2.03. The van der Waals surface area contributed by atoms with Gasteiger partial charge >= 0.3 is 0 Å². The molecule has 1 nitrogen and oxygen atoms in total. The Bertz CT molecular complexity index is 579. The van der Waals surface area contributed by atoms with E-state index in [1.165, 1.54) is 0 Å². The summed E-state index contributed by atoms with van der Waals surface area (Å²) in [7, 11) is 0. The minimum Gasteiger partial charge on any atom is -0.294 e. The second kappa shape index (κ2) is 6.00. The van der Waals surface area contributed by atoms with Crippen molar-refractivity contribution in [3.8, 4) is 0 Å². The van der Waals surface area contributed by atoms with E-state index in [4.69, 9.17) is 11.6 Å². The molecule has 0 aliphatic heterocycles. The number of carbonyl (C=O) groups excluding carboxylic acids is 1. The highest BCUT2D eigenvalue weighted by atomic mass is 79.9. The van der Waals surface area contributed by atoms with E-state index in [2.05, 4.69) is 31.9 Å². The van der Waals surface area contributed by atoms with Gasteiger partial charge < -0.3 is 0 Å². The standard InChI is InChI=1S/C14H9Br2ClO/c15-11-4-1-9(2-5-11)7-14(18)10-3-6-13(17)12(16)8-10/h1-6,8H,7H2. The molecule has 0 N–H and O–H groups in total. The average Bonchev–Trinajstić information content (AvgIpc) is 2.35. The summed E-state index contributed by atoms with van der Waals surface area (Å²) < 4.78 is 1.75. The number of hydrogen-bond donors (Lipinski definition) is 0. The number of carbonyl (C=O) groups is 1. The molecule has 2 rings (SSSR count). The van der Waals surface area contributed by atoms with Crippen molar-refractivity contribution in [1.82, 2.24) is 0 Å². The molecule has 0 radical (unpaired) electrons. The number of hydrogen-bond acceptors (Lipinski definition) is 1. The molecule has 4 heteroatoms. The van der Waals surface area contributed by atoms with Gasteiger partial charge in [0.25, 0.3) is 0 Å². The molecule has 18 heavy (non-hydrogen) atoms.